The van der Waals surface area contributed by atoms with Gasteiger partial charge in [0, 0.05) is 43.5 Å². The molecule has 0 bridgehead atoms. The Bertz CT molecular complexity index is 915. The summed E-state index contributed by atoms with van der Waals surface area (Å²) >= 11 is 0. The lowest BCUT2D eigenvalue weighted by atomic mass is 10.0. The molecule has 0 spiro atoms. The van der Waals surface area contributed by atoms with Gasteiger partial charge >= 0.3 is 0 Å². The van der Waals surface area contributed by atoms with Gasteiger partial charge in [-0.1, -0.05) is 6.42 Å². The normalized spacial score (nSPS) is 20.9. The van der Waals surface area contributed by atoms with Gasteiger partial charge in [-0.3, -0.25) is 0 Å². The molecule has 1 aromatic heterocycles. The Balaban J connectivity index is 1.67. The quantitative estimate of drug-likeness (QED) is 0.863. The number of hydrogen-bond acceptors (Lipinski definition) is 6. The van der Waals surface area contributed by atoms with E-state index in [1.807, 2.05) is 6.20 Å². The molecule has 1 saturated heterocycles. The van der Waals surface area contributed by atoms with Crippen molar-refractivity contribution in [2.45, 2.75) is 43.2 Å². The molecule has 1 aromatic carbocycles. The van der Waals surface area contributed by atoms with Gasteiger partial charge in [0.1, 0.15) is 11.6 Å². The van der Waals surface area contributed by atoms with Gasteiger partial charge in [0.2, 0.25) is 10.0 Å². The van der Waals surface area contributed by atoms with Crippen LogP contribution in [0.1, 0.15) is 42.4 Å². The number of aromatic nitrogens is 2. The van der Waals surface area contributed by atoms with E-state index in [1.54, 1.807) is 35.7 Å². The van der Waals surface area contributed by atoms with E-state index in [9.17, 15) is 8.42 Å². The highest BCUT2D eigenvalue weighted by Crippen LogP contribution is 2.34. The van der Waals surface area contributed by atoms with E-state index in [0.29, 0.717) is 18.1 Å². The maximum Gasteiger partial charge on any atom is 0.243 e. The fourth-order valence-corrected chi connectivity index (χ4v) is 5.40. The van der Waals surface area contributed by atoms with E-state index in [-0.39, 0.29) is 10.9 Å². The first-order valence-electron chi connectivity index (χ1n) is 9.31. The van der Waals surface area contributed by atoms with Crippen LogP contribution >= 0.6 is 0 Å². The molecule has 4 rings (SSSR count). The molecule has 0 amide bonds. The summed E-state index contributed by atoms with van der Waals surface area (Å²) in [5.41, 5.74) is 2.14. The smallest absolute Gasteiger partial charge is 0.243 e. The molecule has 7 nitrogen and oxygen atoms in total. The Morgan fingerprint density at radius 3 is 2.81 bits per heavy atom. The molecule has 2 aliphatic heterocycles. The number of nitrogens with zero attached hydrogens (tertiary/aromatic N) is 3. The lowest BCUT2D eigenvalue weighted by Gasteiger charge is -2.34. The largest absolute Gasteiger partial charge is 0.497 e. The average molecular weight is 388 g/mol. The summed E-state index contributed by atoms with van der Waals surface area (Å²) < 4.78 is 33.3. The zero-order valence-electron chi connectivity index (χ0n) is 15.4. The summed E-state index contributed by atoms with van der Waals surface area (Å²) in [6.45, 7) is 2.15. The number of methoxy groups -OCH3 is 1. The molecule has 0 saturated carbocycles. The monoisotopic (exact) mass is 388 g/mol. The topological polar surface area (TPSA) is 84.4 Å². The number of hydrogen-bond donors (Lipinski definition) is 1. The molecule has 0 aliphatic carbocycles. The molecular formula is C19H24N4O3S. The Labute approximate surface area is 159 Å². The molecule has 0 radical (unpaired) electrons. The van der Waals surface area contributed by atoms with Gasteiger partial charge in [-0.25, -0.2) is 18.4 Å². The van der Waals surface area contributed by atoms with Crippen LogP contribution in [0.4, 0.5) is 0 Å². The van der Waals surface area contributed by atoms with Crippen molar-refractivity contribution in [1.82, 2.24) is 19.6 Å². The first kappa shape index (κ1) is 18.3. The van der Waals surface area contributed by atoms with Crippen molar-refractivity contribution in [1.29, 1.82) is 0 Å². The first-order chi connectivity index (χ1) is 13.1. The number of rotatable bonds is 4. The minimum atomic E-state index is -3.62. The van der Waals surface area contributed by atoms with Crippen LogP contribution in [0.5, 0.6) is 5.75 Å². The van der Waals surface area contributed by atoms with Crippen LogP contribution in [0.15, 0.2) is 35.4 Å². The van der Waals surface area contributed by atoms with Crippen LogP contribution in [0.25, 0.3) is 0 Å². The van der Waals surface area contributed by atoms with Crippen molar-refractivity contribution in [3.63, 3.8) is 0 Å². The average Bonchev–Trinajstić information content (AvgIpc) is 2.73. The molecule has 3 heterocycles. The van der Waals surface area contributed by atoms with E-state index in [2.05, 4.69) is 10.3 Å². The zero-order chi connectivity index (χ0) is 18.9. The number of benzene rings is 1. The SMILES string of the molecule is COc1ccc(S(=O)(=O)N2CCCCC2c2ncc3c(n2)CCNC3)cc1. The minimum Gasteiger partial charge on any atom is -0.497 e. The molecule has 144 valence electrons. The fraction of sp³-hybridized carbons (Fsp3) is 0.474. The van der Waals surface area contributed by atoms with Crippen LogP contribution in [-0.4, -0.2) is 42.9 Å². The second-order valence-electron chi connectivity index (χ2n) is 6.93. The van der Waals surface area contributed by atoms with E-state index in [0.717, 1.165) is 50.0 Å². The highest BCUT2D eigenvalue weighted by Gasteiger charge is 2.36. The minimum absolute atomic E-state index is 0.275. The van der Waals surface area contributed by atoms with E-state index >= 15 is 0 Å². The number of fused-ring (bicyclic) bond motifs is 1. The number of piperidine rings is 1. The van der Waals surface area contributed by atoms with Crippen molar-refractivity contribution >= 4 is 10.0 Å². The predicted octanol–water partition coefficient (Wildman–Crippen LogP) is 2.05. The number of sulfonamides is 1. The van der Waals surface area contributed by atoms with Crippen LogP contribution in [0.3, 0.4) is 0 Å². The van der Waals surface area contributed by atoms with Crippen molar-refractivity contribution in [3.8, 4) is 5.75 Å². The molecule has 2 aliphatic rings. The van der Waals surface area contributed by atoms with Gasteiger partial charge in [0.25, 0.3) is 0 Å². The van der Waals surface area contributed by atoms with Gasteiger partial charge in [-0.15, -0.1) is 0 Å². The van der Waals surface area contributed by atoms with Crippen LogP contribution in [-0.2, 0) is 23.0 Å². The Kier molecular flexibility index (Phi) is 5.12. The third-order valence-electron chi connectivity index (χ3n) is 5.24. The summed E-state index contributed by atoms with van der Waals surface area (Å²) in [5.74, 6) is 1.25. The summed E-state index contributed by atoms with van der Waals surface area (Å²) in [6, 6.07) is 6.23. The van der Waals surface area contributed by atoms with E-state index in [4.69, 9.17) is 9.72 Å². The van der Waals surface area contributed by atoms with Crippen molar-refractivity contribution in [2.75, 3.05) is 20.2 Å². The highest BCUT2D eigenvalue weighted by molar-refractivity contribution is 7.89. The van der Waals surface area contributed by atoms with Gasteiger partial charge < -0.3 is 10.1 Å². The molecule has 8 heteroatoms. The highest BCUT2D eigenvalue weighted by atomic mass is 32.2. The molecule has 2 aromatic rings. The lowest BCUT2D eigenvalue weighted by Crippen LogP contribution is -2.39. The maximum absolute atomic E-state index is 13.3. The third-order valence-corrected chi connectivity index (χ3v) is 7.17. The lowest BCUT2D eigenvalue weighted by molar-refractivity contribution is 0.245. The second kappa shape index (κ2) is 7.53. The zero-order valence-corrected chi connectivity index (χ0v) is 16.2. The van der Waals surface area contributed by atoms with Crippen molar-refractivity contribution in [2.24, 2.45) is 0 Å². The van der Waals surface area contributed by atoms with Crippen LogP contribution in [0.2, 0.25) is 0 Å². The van der Waals surface area contributed by atoms with Crippen molar-refractivity contribution in [3.05, 3.63) is 47.5 Å². The molecular weight excluding hydrogens is 364 g/mol. The molecule has 1 fully saturated rings. The number of nitrogens with one attached hydrogen (secondary N) is 1. The fourth-order valence-electron chi connectivity index (χ4n) is 3.75. The maximum atomic E-state index is 13.3. The summed E-state index contributed by atoms with van der Waals surface area (Å²) in [4.78, 5) is 9.54. The van der Waals surface area contributed by atoms with E-state index < -0.39 is 10.0 Å². The number of ether oxygens (including phenoxy) is 1. The molecule has 27 heavy (non-hydrogen) atoms. The second-order valence-corrected chi connectivity index (χ2v) is 8.82. The van der Waals surface area contributed by atoms with Crippen LogP contribution < -0.4 is 10.1 Å². The molecule has 1 unspecified atom stereocenters. The standard InChI is InChI=1S/C19H24N4O3S/c1-26-15-5-7-16(8-6-15)27(24,25)23-11-3-2-4-18(23)19-21-13-14-12-20-10-9-17(14)22-19/h5-8,13,18,20H,2-4,9-12H2,1H3. The first-order valence-corrected chi connectivity index (χ1v) is 10.7. The Morgan fingerprint density at radius 1 is 1.22 bits per heavy atom. The summed E-state index contributed by atoms with van der Waals surface area (Å²) in [7, 11) is -2.06. The Morgan fingerprint density at radius 2 is 2.04 bits per heavy atom. The van der Waals surface area contributed by atoms with E-state index in [1.165, 1.54) is 0 Å². The van der Waals surface area contributed by atoms with Gasteiger partial charge in [-0.05, 0) is 37.1 Å². The third kappa shape index (κ3) is 3.56. The summed E-state index contributed by atoms with van der Waals surface area (Å²) in [5, 5.41) is 3.31. The van der Waals surface area contributed by atoms with Gasteiger partial charge in [-0.2, -0.15) is 4.31 Å². The van der Waals surface area contributed by atoms with Crippen LogP contribution in [0, 0.1) is 0 Å². The predicted molar refractivity (Wildman–Crippen MR) is 101 cm³/mol. The van der Waals surface area contributed by atoms with Gasteiger partial charge in [0.15, 0.2) is 0 Å². The van der Waals surface area contributed by atoms with Gasteiger partial charge in [0.05, 0.1) is 18.0 Å². The Hall–Kier alpha value is -2.03. The molecule has 1 N–H and O–H groups in total. The van der Waals surface area contributed by atoms with Crippen molar-refractivity contribution < 1.29 is 13.2 Å². The molecule has 1 atom stereocenters. The summed E-state index contributed by atoms with van der Waals surface area (Å²) in [6.07, 6.45) is 5.26.